The number of rotatable bonds is 9. The van der Waals surface area contributed by atoms with Gasteiger partial charge in [0.1, 0.15) is 0 Å². The first-order chi connectivity index (χ1) is 22.2. The molecular formula is C44H37N. The quantitative estimate of drug-likeness (QED) is 0.154. The van der Waals surface area contributed by atoms with Gasteiger partial charge in [-0.25, -0.2) is 0 Å². The zero-order chi connectivity index (χ0) is 30.8. The van der Waals surface area contributed by atoms with E-state index in [0.717, 1.165) is 11.4 Å². The average molecular weight is 580 g/mol. The van der Waals surface area contributed by atoms with Gasteiger partial charge in [0.25, 0.3) is 0 Å². The van der Waals surface area contributed by atoms with Gasteiger partial charge in [0.2, 0.25) is 0 Å². The van der Waals surface area contributed by atoms with Gasteiger partial charge in [0.15, 0.2) is 0 Å². The summed E-state index contributed by atoms with van der Waals surface area (Å²) in [6.45, 7) is 4.34. The maximum atomic E-state index is 2.31. The summed E-state index contributed by atoms with van der Waals surface area (Å²) in [5.74, 6) is 0. The third kappa shape index (κ3) is 7.29. The largest absolute Gasteiger partial charge is 0.317 e. The van der Waals surface area contributed by atoms with E-state index < -0.39 is 0 Å². The van der Waals surface area contributed by atoms with Crippen molar-refractivity contribution in [1.29, 1.82) is 0 Å². The fraction of sp³-hybridized carbons (Fsp3) is 0.0455. The van der Waals surface area contributed by atoms with Crippen LogP contribution in [0.2, 0.25) is 0 Å². The molecule has 0 atom stereocenters. The predicted molar refractivity (Wildman–Crippen MR) is 193 cm³/mol. The molecule has 0 aliphatic heterocycles. The Morgan fingerprint density at radius 1 is 0.467 bits per heavy atom. The maximum absolute atomic E-state index is 2.31. The molecule has 0 fully saturated rings. The molecule has 45 heavy (non-hydrogen) atoms. The molecule has 0 saturated heterocycles. The van der Waals surface area contributed by atoms with Crippen LogP contribution in [-0.2, 0) is 0 Å². The summed E-state index contributed by atoms with van der Waals surface area (Å²) in [7, 11) is 0. The van der Waals surface area contributed by atoms with E-state index >= 15 is 0 Å². The zero-order valence-corrected chi connectivity index (χ0v) is 25.8. The highest BCUT2D eigenvalue weighted by Gasteiger charge is 2.13. The molecule has 0 aliphatic rings. The standard InChI is InChI=1S/C44H37N/c1-34-17-15-27-41(31-34)45(33-44(39-22-11-5-12-23-39)40-24-13-6-14-25-40)42-30-29-36(35(2)32-42)26-16-28-43(37-18-7-3-8-19-37)38-20-9-4-10-21-38/h3-33H,1-2H3/b26-16+. The number of hydrogen-bond acceptors (Lipinski definition) is 1. The van der Waals surface area contributed by atoms with Gasteiger partial charge in [0.05, 0.1) is 0 Å². The van der Waals surface area contributed by atoms with Gasteiger partial charge < -0.3 is 4.90 Å². The lowest BCUT2D eigenvalue weighted by Crippen LogP contribution is -2.11. The Hall–Kier alpha value is -5.66. The Labute approximate surface area is 267 Å². The molecule has 0 aliphatic carbocycles. The van der Waals surface area contributed by atoms with Crippen LogP contribution in [0.4, 0.5) is 11.4 Å². The van der Waals surface area contributed by atoms with Crippen LogP contribution in [0.5, 0.6) is 0 Å². The third-order valence-electron chi connectivity index (χ3n) is 7.95. The predicted octanol–water partition coefficient (Wildman–Crippen LogP) is 11.7. The molecule has 0 N–H and O–H groups in total. The Bertz CT molecular complexity index is 1850. The van der Waals surface area contributed by atoms with Crippen LogP contribution in [0, 0.1) is 13.8 Å². The van der Waals surface area contributed by atoms with Crippen molar-refractivity contribution >= 4 is 28.6 Å². The zero-order valence-electron chi connectivity index (χ0n) is 25.8. The van der Waals surface area contributed by atoms with Crippen molar-refractivity contribution in [1.82, 2.24) is 0 Å². The lowest BCUT2D eigenvalue weighted by molar-refractivity contribution is 1.25. The van der Waals surface area contributed by atoms with Gasteiger partial charge in [-0.05, 0) is 82.6 Å². The second-order valence-corrected chi connectivity index (χ2v) is 11.2. The highest BCUT2D eigenvalue weighted by Crippen LogP contribution is 2.33. The topological polar surface area (TPSA) is 3.24 Å². The van der Waals surface area contributed by atoms with E-state index in [1.807, 2.05) is 0 Å². The minimum atomic E-state index is 1.12. The molecule has 6 aromatic rings. The molecule has 0 aromatic heterocycles. The van der Waals surface area contributed by atoms with Gasteiger partial charge >= 0.3 is 0 Å². The van der Waals surface area contributed by atoms with E-state index in [4.69, 9.17) is 0 Å². The van der Waals surface area contributed by atoms with Crippen molar-refractivity contribution in [3.05, 3.63) is 221 Å². The monoisotopic (exact) mass is 579 g/mol. The number of aryl methyl sites for hydroxylation is 2. The SMILES string of the molecule is Cc1cccc(N(C=C(c2ccccc2)c2ccccc2)c2ccc(/C=C/C=C(c3ccccc3)c3ccccc3)c(C)c2)c1. The Balaban J connectivity index is 1.39. The van der Waals surface area contributed by atoms with Crippen molar-refractivity contribution in [2.45, 2.75) is 13.8 Å². The molecular weight excluding hydrogens is 542 g/mol. The van der Waals surface area contributed by atoms with E-state index in [-0.39, 0.29) is 0 Å². The first-order valence-electron chi connectivity index (χ1n) is 15.4. The number of anilines is 2. The normalized spacial score (nSPS) is 10.8. The highest BCUT2D eigenvalue weighted by molar-refractivity contribution is 5.85. The van der Waals surface area contributed by atoms with Crippen LogP contribution < -0.4 is 4.90 Å². The highest BCUT2D eigenvalue weighted by atomic mass is 15.1. The van der Waals surface area contributed by atoms with Gasteiger partial charge in [-0.3, -0.25) is 0 Å². The molecule has 6 rings (SSSR count). The van der Waals surface area contributed by atoms with Crippen LogP contribution in [0.15, 0.2) is 182 Å². The van der Waals surface area contributed by atoms with E-state index in [9.17, 15) is 0 Å². The van der Waals surface area contributed by atoms with E-state index in [1.165, 1.54) is 50.1 Å². The number of benzene rings is 6. The van der Waals surface area contributed by atoms with Gasteiger partial charge in [-0.15, -0.1) is 0 Å². The lowest BCUT2D eigenvalue weighted by Gasteiger charge is -2.24. The molecule has 0 bridgehead atoms. The Morgan fingerprint density at radius 3 is 1.44 bits per heavy atom. The number of allylic oxidation sites excluding steroid dienone is 2. The van der Waals surface area contributed by atoms with E-state index in [0.29, 0.717) is 0 Å². The van der Waals surface area contributed by atoms with Crippen LogP contribution in [0.25, 0.3) is 17.2 Å². The number of hydrogen-bond donors (Lipinski definition) is 0. The Kier molecular flexibility index (Phi) is 9.29. The van der Waals surface area contributed by atoms with Gasteiger partial charge in [-0.2, -0.15) is 0 Å². The minimum absolute atomic E-state index is 1.12. The molecule has 0 heterocycles. The smallest absolute Gasteiger partial charge is 0.0458 e. The van der Waals surface area contributed by atoms with E-state index in [1.54, 1.807) is 0 Å². The van der Waals surface area contributed by atoms with Crippen molar-refractivity contribution in [3.8, 4) is 0 Å². The van der Waals surface area contributed by atoms with Gasteiger partial charge in [0, 0.05) is 23.1 Å². The fourth-order valence-corrected chi connectivity index (χ4v) is 5.60. The van der Waals surface area contributed by atoms with Crippen molar-refractivity contribution in [3.63, 3.8) is 0 Å². The number of nitrogens with zero attached hydrogens (tertiary/aromatic N) is 1. The summed E-state index contributed by atoms with van der Waals surface area (Å²) in [5.41, 5.74) is 13.0. The molecule has 0 unspecified atom stereocenters. The molecule has 0 radical (unpaired) electrons. The Morgan fingerprint density at radius 2 is 0.956 bits per heavy atom. The third-order valence-corrected chi connectivity index (χ3v) is 7.95. The molecule has 218 valence electrons. The van der Waals surface area contributed by atoms with E-state index in [2.05, 4.69) is 207 Å². The molecule has 0 amide bonds. The van der Waals surface area contributed by atoms with Crippen molar-refractivity contribution < 1.29 is 0 Å². The summed E-state index contributed by atoms with van der Waals surface area (Å²) >= 11 is 0. The molecule has 6 aromatic carbocycles. The molecule has 0 saturated carbocycles. The lowest BCUT2D eigenvalue weighted by atomic mass is 9.97. The fourth-order valence-electron chi connectivity index (χ4n) is 5.60. The second-order valence-electron chi connectivity index (χ2n) is 11.2. The minimum Gasteiger partial charge on any atom is -0.317 e. The summed E-state index contributed by atoms with van der Waals surface area (Å²) in [6, 6.07) is 57.8. The molecule has 1 heteroatoms. The van der Waals surface area contributed by atoms with Crippen molar-refractivity contribution in [2.75, 3.05) is 4.90 Å². The van der Waals surface area contributed by atoms with Crippen molar-refractivity contribution in [2.24, 2.45) is 0 Å². The molecule has 1 nitrogen and oxygen atoms in total. The second kappa shape index (κ2) is 14.2. The summed E-state index contributed by atoms with van der Waals surface area (Å²) in [6.07, 6.45) is 8.86. The summed E-state index contributed by atoms with van der Waals surface area (Å²) < 4.78 is 0. The summed E-state index contributed by atoms with van der Waals surface area (Å²) in [5, 5.41) is 0. The van der Waals surface area contributed by atoms with Crippen LogP contribution in [0.3, 0.4) is 0 Å². The molecule has 0 spiro atoms. The first kappa shape index (κ1) is 29.4. The maximum Gasteiger partial charge on any atom is 0.0458 e. The van der Waals surface area contributed by atoms with Crippen LogP contribution >= 0.6 is 0 Å². The first-order valence-corrected chi connectivity index (χ1v) is 15.4. The van der Waals surface area contributed by atoms with Crippen LogP contribution in [0.1, 0.15) is 38.9 Å². The van der Waals surface area contributed by atoms with Crippen LogP contribution in [-0.4, -0.2) is 0 Å². The average Bonchev–Trinajstić information content (AvgIpc) is 3.09. The van der Waals surface area contributed by atoms with Gasteiger partial charge in [-0.1, -0.05) is 158 Å². The summed E-state index contributed by atoms with van der Waals surface area (Å²) in [4.78, 5) is 2.31.